The molecule has 1 amide bonds. The van der Waals surface area contributed by atoms with Crippen molar-refractivity contribution in [3.63, 3.8) is 0 Å². The van der Waals surface area contributed by atoms with Crippen LogP contribution in [0, 0.1) is 29.6 Å². The molecular weight excluding hydrogens is 498 g/mol. The number of ether oxygens (including phenoxy) is 3. The van der Waals surface area contributed by atoms with E-state index in [0.717, 1.165) is 58.0 Å². The number of amides is 1. The Hall–Kier alpha value is -2.00. The van der Waals surface area contributed by atoms with Gasteiger partial charge in [-0.25, -0.2) is 9.78 Å². The number of hydrogen-bond acceptors (Lipinski definition) is 7. The van der Waals surface area contributed by atoms with Crippen molar-refractivity contribution in [1.82, 2.24) is 4.90 Å². The molecular formula is C31H43NO7. The summed E-state index contributed by atoms with van der Waals surface area (Å²) in [5, 5.41) is 0. The molecule has 1 spiro atoms. The van der Waals surface area contributed by atoms with Gasteiger partial charge in [0.25, 0.3) is 0 Å². The molecule has 6 fully saturated rings. The summed E-state index contributed by atoms with van der Waals surface area (Å²) in [6.45, 7) is 7.72. The smallest absolute Gasteiger partial charge is 0.308 e. The number of likely N-dealkylation sites (tertiary alicyclic amines) is 1. The Morgan fingerprint density at radius 3 is 2.51 bits per heavy atom. The topological polar surface area (TPSA) is 83.5 Å². The molecule has 39 heavy (non-hydrogen) atoms. The van der Waals surface area contributed by atoms with Crippen molar-refractivity contribution in [2.24, 2.45) is 29.6 Å². The fourth-order valence-corrected chi connectivity index (χ4v) is 7.90. The van der Waals surface area contributed by atoms with Gasteiger partial charge >= 0.3 is 5.97 Å². The summed E-state index contributed by atoms with van der Waals surface area (Å²) in [6.07, 6.45) is 5.58. The number of carbonyl (C=O) groups excluding carboxylic acids is 2. The molecule has 8 atom stereocenters. The maximum atomic E-state index is 12.9. The highest BCUT2D eigenvalue weighted by Gasteiger charge is 2.69. The lowest BCUT2D eigenvalue weighted by Crippen LogP contribution is -2.70. The third-order valence-corrected chi connectivity index (χ3v) is 10.2. The van der Waals surface area contributed by atoms with Crippen LogP contribution in [-0.4, -0.2) is 53.8 Å². The highest BCUT2D eigenvalue weighted by atomic mass is 17.3. The molecule has 214 valence electrons. The largest absolute Gasteiger partial charge is 0.435 e. The van der Waals surface area contributed by atoms with Crippen LogP contribution >= 0.6 is 0 Å². The van der Waals surface area contributed by atoms with E-state index in [-0.39, 0.29) is 36.5 Å². The van der Waals surface area contributed by atoms with Crippen molar-refractivity contribution in [2.45, 2.75) is 103 Å². The van der Waals surface area contributed by atoms with Crippen LogP contribution in [0.4, 0.5) is 0 Å². The van der Waals surface area contributed by atoms with Gasteiger partial charge in [0.1, 0.15) is 0 Å². The van der Waals surface area contributed by atoms with Gasteiger partial charge in [-0.1, -0.05) is 44.2 Å². The second kappa shape index (κ2) is 10.8. The predicted octanol–water partition coefficient (Wildman–Crippen LogP) is 5.00. The van der Waals surface area contributed by atoms with Crippen LogP contribution < -0.4 is 0 Å². The van der Waals surface area contributed by atoms with Gasteiger partial charge in [0.15, 0.2) is 11.9 Å². The number of rotatable bonds is 6. The Bertz CT molecular complexity index is 1040. The third-order valence-electron chi connectivity index (χ3n) is 10.2. The van der Waals surface area contributed by atoms with Crippen molar-refractivity contribution in [2.75, 3.05) is 13.1 Å². The molecule has 1 aliphatic carbocycles. The Morgan fingerprint density at radius 2 is 1.74 bits per heavy atom. The van der Waals surface area contributed by atoms with E-state index in [4.69, 9.17) is 24.0 Å². The second-order valence-corrected chi connectivity index (χ2v) is 12.8. The molecule has 5 heterocycles. The molecule has 1 aromatic carbocycles. The summed E-state index contributed by atoms with van der Waals surface area (Å²) in [7, 11) is 0. The molecule has 8 heteroatoms. The van der Waals surface area contributed by atoms with Crippen LogP contribution in [0.1, 0.15) is 77.7 Å². The average molecular weight is 542 g/mol. The quantitative estimate of drug-likeness (QED) is 0.370. The Kier molecular flexibility index (Phi) is 7.50. The van der Waals surface area contributed by atoms with E-state index in [2.05, 4.69) is 38.1 Å². The molecule has 1 saturated carbocycles. The van der Waals surface area contributed by atoms with Gasteiger partial charge in [-0.2, -0.15) is 0 Å². The zero-order valence-corrected chi connectivity index (χ0v) is 23.5. The Morgan fingerprint density at radius 1 is 0.974 bits per heavy atom. The molecule has 0 radical (unpaired) electrons. The lowest BCUT2D eigenvalue weighted by atomic mass is 9.58. The van der Waals surface area contributed by atoms with Gasteiger partial charge in [0.05, 0.1) is 6.42 Å². The van der Waals surface area contributed by atoms with Crippen molar-refractivity contribution in [3.05, 3.63) is 35.9 Å². The number of benzene rings is 1. The van der Waals surface area contributed by atoms with Crippen LogP contribution in [0.5, 0.6) is 0 Å². The minimum Gasteiger partial charge on any atom is -0.435 e. The van der Waals surface area contributed by atoms with Crippen molar-refractivity contribution >= 4 is 11.9 Å². The molecule has 7 rings (SSSR count). The molecule has 0 unspecified atom stereocenters. The molecule has 0 N–H and O–H groups in total. The van der Waals surface area contributed by atoms with Gasteiger partial charge in [0.2, 0.25) is 18.0 Å². The maximum absolute atomic E-state index is 12.9. The summed E-state index contributed by atoms with van der Waals surface area (Å²) < 4.78 is 18.5. The van der Waals surface area contributed by atoms with Crippen molar-refractivity contribution < 1.29 is 33.6 Å². The van der Waals surface area contributed by atoms with E-state index < -0.39 is 29.9 Å². The zero-order valence-electron chi connectivity index (χ0n) is 23.5. The average Bonchev–Trinajstić information content (AvgIpc) is 3.17. The first kappa shape index (κ1) is 27.2. The maximum Gasteiger partial charge on any atom is 0.308 e. The lowest BCUT2D eigenvalue weighted by Gasteiger charge is -2.59. The second-order valence-electron chi connectivity index (χ2n) is 12.8. The highest BCUT2D eigenvalue weighted by Crippen LogP contribution is 2.60. The van der Waals surface area contributed by atoms with Crippen LogP contribution in [0.15, 0.2) is 30.3 Å². The van der Waals surface area contributed by atoms with E-state index in [0.29, 0.717) is 11.8 Å². The minimum absolute atomic E-state index is 0.0219. The van der Waals surface area contributed by atoms with Crippen LogP contribution in [-0.2, 0) is 40.0 Å². The summed E-state index contributed by atoms with van der Waals surface area (Å²) in [6, 6.07) is 10.5. The summed E-state index contributed by atoms with van der Waals surface area (Å²) in [5.41, 5.74) is 0.669. The van der Waals surface area contributed by atoms with E-state index >= 15 is 0 Å². The number of carbonyl (C=O) groups is 2. The SMILES string of the molecule is C[C@H]1[C@H](OC(=O)CCC(=O)N2CCC(Cc3ccccc3)CC2)O[C@@H]2O[C@@]3(C)CC[C@H]4[C@H](C)CC[C@H]1[C@@]24OO3. The molecule has 8 nitrogen and oxygen atoms in total. The van der Waals surface area contributed by atoms with Gasteiger partial charge in [-0.15, -0.1) is 0 Å². The molecule has 6 aliphatic rings. The van der Waals surface area contributed by atoms with E-state index in [1.165, 1.54) is 5.56 Å². The first-order valence-electron chi connectivity index (χ1n) is 15.0. The predicted molar refractivity (Wildman–Crippen MR) is 142 cm³/mol. The molecule has 1 aromatic rings. The molecule has 5 saturated heterocycles. The van der Waals surface area contributed by atoms with Crippen molar-refractivity contribution in [1.29, 1.82) is 0 Å². The van der Waals surface area contributed by atoms with Crippen LogP contribution in [0.2, 0.25) is 0 Å². The number of esters is 1. The zero-order chi connectivity index (χ0) is 27.2. The normalized spacial score (nSPS) is 40.0. The summed E-state index contributed by atoms with van der Waals surface area (Å²) in [5.74, 6) is 0.0979. The first-order chi connectivity index (χ1) is 18.8. The van der Waals surface area contributed by atoms with E-state index in [9.17, 15) is 9.59 Å². The lowest BCUT2D eigenvalue weighted by molar-refractivity contribution is -0.576. The fraction of sp³-hybridized carbons (Fsp3) is 0.742. The van der Waals surface area contributed by atoms with Crippen LogP contribution in [0.3, 0.4) is 0 Å². The number of fused-ring (bicyclic) bond motifs is 2. The van der Waals surface area contributed by atoms with Gasteiger partial charge in [-0.3, -0.25) is 9.59 Å². The summed E-state index contributed by atoms with van der Waals surface area (Å²) >= 11 is 0. The van der Waals surface area contributed by atoms with Crippen molar-refractivity contribution in [3.8, 4) is 0 Å². The van der Waals surface area contributed by atoms with Crippen LogP contribution in [0.25, 0.3) is 0 Å². The van der Waals surface area contributed by atoms with E-state index in [1.54, 1.807) is 0 Å². The van der Waals surface area contributed by atoms with Gasteiger partial charge < -0.3 is 19.1 Å². The highest BCUT2D eigenvalue weighted by molar-refractivity contribution is 5.81. The molecule has 2 bridgehead atoms. The summed E-state index contributed by atoms with van der Waals surface area (Å²) in [4.78, 5) is 39.7. The monoisotopic (exact) mass is 541 g/mol. The van der Waals surface area contributed by atoms with Gasteiger partial charge in [0, 0.05) is 37.8 Å². The minimum atomic E-state index is -0.867. The third kappa shape index (κ3) is 5.14. The van der Waals surface area contributed by atoms with Gasteiger partial charge in [-0.05, 0) is 68.8 Å². The number of piperidine rings is 1. The Labute approximate surface area is 231 Å². The molecule has 5 aliphatic heterocycles. The van der Waals surface area contributed by atoms with E-state index in [1.807, 2.05) is 17.9 Å². The number of hydrogen-bond donors (Lipinski definition) is 0. The Balaban J connectivity index is 1.02. The number of nitrogens with zero attached hydrogens (tertiary/aromatic N) is 1. The fourth-order valence-electron chi connectivity index (χ4n) is 7.90. The first-order valence-corrected chi connectivity index (χ1v) is 15.0. The molecule has 0 aromatic heterocycles. The standard InChI is InChI=1S/C31H43NO7/c1-20-9-10-25-21(2)28(36-29-31(25)24(20)13-16-30(3,37-29)38-39-31)35-27(34)12-11-26(33)32-17-14-23(15-18-32)19-22-7-5-4-6-8-22/h4-8,20-21,23-25,28-29H,9-19H2,1-3H3/t20-,21-,24+,25-,28-,29-,30-,31-/m1/s1.